The molecule has 0 saturated carbocycles. The highest BCUT2D eigenvalue weighted by Crippen LogP contribution is 2.25. The predicted octanol–water partition coefficient (Wildman–Crippen LogP) is 4.26. The molecule has 1 aromatic heterocycles. The normalized spacial score (nSPS) is 10.7. The second-order valence-electron chi connectivity index (χ2n) is 4.70. The Balaban J connectivity index is 1.69. The maximum Gasteiger partial charge on any atom is 0.234 e. The molecule has 4 nitrogen and oxygen atoms in total. The maximum atomic E-state index is 13.7. The monoisotopic (exact) mass is 391 g/mol. The van der Waals surface area contributed by atoms with Gasteiger partial charge >= 0.3 is 0 Å². The third-order valence-electron chi connectivity index (χ3n) is 3.08. The van der Waals surface area contributed by atoms with Gasteiger partial charge in [-0.05, 0) is 18.2 Å². The van der Waals surface area contributed by atoms with Gasteiger partial charge in [-0.1, -0.05) is 52.0 Å². The van der Waals surface area contributed by atoms with Crippen LogP contribution in [-0.4, -0.2) is 21.9 Å². The molecule has 2 aromatic carbocycles. The van der Waals surface area contributed by atoms with Gasteiger partial charge in [0, 0.05) is 15.2 Å². The molecule has 0 radical (unpaired) electrons. The van der Waals surface area contributed by atoms with Gasteiger partial charge in [0.25, 0.3) is 0 Å². The summed E-state index contributed by atoms with van der Waals surface area (Å²) in [5.74, 6) is -0.660. The second-order valence-corrected chi connectivity index (χ2v) is 6.58. The van der Waals surface area contributed by atoms with Gasteiger partial charge < -0.3 is 5.32 Å². The summed E-state index contributed by atoms with van der Waals surface area (Å²) >= 11 is 4.44. The van der Waals surface area contributed by atoms with Crippen LogP contribution < -0.4 is 5.32 Å². The number of fused-ring (bicyclic) bond motifs is 1. The minimum Gasteiger partial charge on any atom is -0.323 e. The van der Waals surface area contributed by atoms with Crippen molar-refractivity contribution < 1.29 is 9.18 Å². The molecule has 1 amide bonds. The number of hydrogen-bond acceptors (Lipinski definition) is 4. The van der Waals surface area contributed by atoms with Crippen LogP contribution in [0.4, 0.5) is 10.1 Å². The lowest BCUT2D eigenvalue weighted by molar-refractivity contribution is -0.113. The van der Waals surface area contributed by atoms with Gasteiger partial charge in [0.15, 0.2) is 0 Å². The van der Waals surface area contributed by atoms with E-state index >= 15 is 0 Å². The van der Waals surface area contributed by atoms with Gasteiger partial charge in [0.05, 0.1) is 17.6 Å². The van der Waals surface area contributed by atoms with Crippen LogP contribution >= 0.6 is 27.7 Å². The van der Waals surface area contributed by atoms with Crippen molar-refractivity contribution in [1.29, 1.82) is 0 Å². The summed E-state index contributed by atoms with van der Waals surface area (Å²) in [6.45, 7) is 0. The summed E-state index contributed by atoms with van der Waals surface area (Å²) < 4.78 is 14.3. The molecule has 0 saturated heterocycles. The average molecular weight is 392 g/mol. The summed E-state index contributed by atoms with van der Waals surface area (Å²) in [5, 5.41) is 13.1. The highest BCUT2D eigenvalue weighted by Gasteiger charge is 2.10. The lowest BCUT2D eigenvalue weighted by Gasteiger charge is -2.07. The zero-order chi connectivity index (χ0) is 16.2. The SMILES string of the molecule is O=C(CSc1nncc2ccccc12)Nc1ccc(Br)cc1F. The summed E-state index contributed by atoms with van der Waals surface area (Å²) in [7, 11) is 0. The number of nitrogens with one attached hydrogen (secondary N) is 1. The zero-order valence-corrected chi connectivity index (χ0v) is 14.2. The van der Waals surface area contributed by atoms with E-state index < -0.39 is 5.82 Å². The van der Waals surface area contributed by atoms with E-state index in [2.05, 4.69) is 31.4 Å². The largest absolute Gasteiger partial charge is 0.323 e. The van der Waals surface area contributed by atoms with Crippen molar-refractivity contribution >= 4 is 50.1 Å². The van der Waals surface area contributed by atoms with Crippen LogP contribution in [0.1, 0.15) is 0 Å². The summed E-state index contributed by atoms with van der Waals surface area (Å²) in [5.41, 5.74) is 0.155. The van der Waals surface area contributed by atoms with E-state index in [0.29, 0.717) is 9.50 Å². The van der Waals surface area contributed by atoms with E-state index in [1.807, 2.05) is 24.3 Å². The van der Waals surface area contributed by atoms with Crippen LogP contribution in [0.25, 0.3) is 10.8 Å². The van der Waals surface area contributed by atoms with E-state index in [9.17, 15) is 9.18 Å². The lowest BCUT2D eigenvalue weighted by atomic mass is 10.2. The first-order valence-electron chi connectivity index (χ1n) is 6.71. The molecule has 0 spiro atoms. The Kier molecular flexibility index (Phi) is 4.88. The van der Waals surface area contributed by atoms with Crippen LogP contribution in [-0.2, 0) is 4.79 Å². The topological polar surface area (TPSA) is 54.9 Å². The fourth-order valence-electron chi connectivity index (χ4n) is 2.02. The summed E-state index contributed by atoms with van der Waals surface area (Å²) in [4.78, 5) is 12.0. The molecule has 3 rings (SSSR count). The van der Waals surface area contributed by atoms with Gasteiger partial charge in [0.1, 0.15) is 10.8 Å². The van der Waals surface area contributed by atoms with E-state index in [0.717, 1.165) is 10.8 Å². The van der Waals surface area contributed by atoms with Crippen molar-refractivity contribution in [2.45, 2.75) is 5.03 Å². The first-order valence-corrected chi connectivity index (χ1v) is 8.49. The van der Waals surface area contributed by atoms with Crippen molar-refractivity contribution in [1.82, 2.24) is 10.2 Å². The molecule has 116 valence electrons. The molecular formula is C16H11BrFN3OS. The Morgan fingerprint density at radius 2 is 2.09 bits per heavy atom. The van der Waals surface area contributed by atoms with Crippen LogP contribution in [0.3, 0.4) is 0 Å². The molecule has 0 fully saturated rings. The van der Waals surface area contributed by atoms with Crippen molar-refractivity contribution in [2.75, 3.05) is 11.1 Å². The van der Waals surface area contributed by atoms with Gasteiger partial charge in [-0.3, -0.25) is 4.79 Å². The summed E-state index contributed by atoms with van der Waals surface area (Å²) in [6, 6.07) is 12.2. The first-order chi connectivity index (χ1) is 11.1. The third kappa shape index (κ3) is 3.86. The third-order valence-corrected chi connectivity index (χ3v) is 4.56. The Labute approximate surface area is 144 Å². The quantitative estimate of drug-likeness (QED) is 0.674. The van der Waals surface area contributed by atoms with Crippen molar-refractivity contribution in [3.05, 3.63) is 59.0 Å². The molecular weight excluding hydrogens is 381 g/mol. The zero-order valence-electron chi connectivity index (χ0n) is 11.8. The van der Waals surface area contributed by atoms with Gasteiger partial charge in [-0.15, -0.1) is 5.10 Å². The minimum atomic E-state index is -0.484. The Morgan fingerprint density at radius 3 is 2.91 bits per heavy atom. The number of hydrogen-bond donors (Lipinski definition) is 1. The molecule has 3 aromatic rings. The van der Waals surface area contributed by atoms with Crippen LogP contribution in [0.2, 0.25) is 0 Å². The van der Waals surface area contributed by atoms with E-state index in [4.69, 9.17) is 0 Å². The van der Waals surface area contributed by atoms with Crippen molar-refractivity contribution in [3.63, 3.8) is 0 Å². The maximum absolute atomic E-state index is 13.7. The highest BCUT2D eigenvalue weighted by molar-refractivity contribution is 9.10. The number of halogens is 2. The molecule has 0 bridgehead atoms. The molecule has 1 heterocycles. The minimum absolute atomic E-state index is 0.123. The highest BCUT2D eigenvalue weighted by atomic mass is 79.9. The molecule has 0 aliphatic rings. The molecule has 1 N–H and O–H groups in total. The Morgan fingerprint density at radius 1 is 1.26 bits per heavy atom. The van der Waals surface area contributed by atoms with E-state index in [-0.39, 0.29) is 17.3 Å². The Hall–Kier alpha value is -1.99. The molecule has 0 aliphatic heterocycles. The number of aromatic nitrogens is 2. The van der Waals surface area contributed by atoms with Gasteiger partial charge in [0.2, 0.25) is 5.91 Å². The number of carbonyl (C=O) groups is 1. The fraction of sp³-hybridized carbons (Fsp3) is 0.0625. The summed E-state index contributed by atoms with van der Waals surface area (Å²) in [6.07, 6.45) is 1.68. The molecule has 0 unspecified atom stereocenters. The van der Waals surface area contributed by atoms with Gasteiger partial charge in [-0.25, -0.2) is 4.39 Å². The van der Waals surface area contributed by atoms with Crippen molar-refractivity contribution in [3.8, 4) is 0 Å². The lowest BCUT2D eigenvalue weighted by Crippen LogP contribution is -2.15. The second kappa shape index (κ2) is 7.06. The number of anilines is 1. The molecule has 23 heavy (non-hydrogen) atoms. The predicted molar refractivity (Wildman–Crippen MR) is 93.0 cm³/mol. The number of rotatable bonds is 4. The van der Waals surface area contributed by atoms with Crippen molar-refractivity contribution in [2.24, 2.45) is 0 Å². The standard InChI is InChI=1S/C16H11BrFN3OS/c17-11-5-6-14(13(18)7-11)20-15(22)9-23-16-12-4-2-1-3-10(12)8-19-21-16/h1-8H,9H2,(H,20,22). The van der Waals surface area contributed by atoms with Crippen LogP contribution in [0.5, 0.6) is 0 Å². The molecule has 7 heteroatoms. The Bertz CT molecular complexity index is 870. The number of nitrogens with zero attached hydrogens (tertiary/aromatic N) is 2. The van der Waals surface area contributed by atoms with E-state index in [1.54, 1.807) is 12.3 Å². The van der Waals surface area contributed by atoms with Gasteiger partial charge in [-0.2, -0.15) is 5.10 Å². The van der Waals surface area contributed by atoms with Crippen LogP contribution in [0.15, 0.2) is 58.2 Å². The smallest absolute Gasteiger partial charge is 0.234 e. The number of thioether (sulfide) groups is 1. The number of benzene rings is 2. The van der Waals surface area contributed by atoms with E-state index in [1.165, 1.54) is 23.9 Å². The molecule has 0 atom stereocenters. The first kappa shape index (κ1) is 15.9. The number of amides is 1. The fourth-order valence-corrected chi connectivity index (χ4v) is 3.14. The molecule has 0 aliphatic carbocycles. The average Bonchev–Trinajstić information content (AvgIpc) is 2.55. The van der Waals surface area contributed by atoms with Crippen LogP contribution in [0, 0.1) is 5.82 Å². The number of carbonyl (C=O) groups excluding carboxylic acids is 1.